The van der Waals surface area contributed by atoms with E-state index in [4.69, 9.17) is 9.47 Å². The molecule has 0 bridgehead atoms. The monoisotopic (exact) mass is 303 g/mol. The van der Waals surface area contributed by atoms with Crippen molar-refractivity contribution in [3.8, 4) is 0 Å². The number of fused-ring (bicyclic) bond motifs is 2. The Hall–Kier alpha value is -1.91. The van der Waals surface area contributed by atoms with Crippen LogP contribution in [0.25, 0.3) is 0 Å². The molecule has 5 heteroatoms. The summed E-state index contributed by atoms with van der Waals surface area (Å²) in [5.41, 5.74) is 1.30. The SMILES string of the molecule is CC1OC(=O)c2ccc(CC(=O)OC(C)(C)C)nc2C12CC2. The molecular formula is C17H21NO4. The molecule has 118 valence electrons. The van der Waals surface area contributed by atoms with E-state index in [1.165, 1.54) is 0 Å². The number of pyridine rings is 1. The van der Waals surface area contributed by atoms with E-state index in [1.54, 1.807) is 12.1 Å². The summed E-state index contributed by atoms with van der Waals surface area (Å²) in [6, 6.07) is 3.42. The first-order valence-corrected chi connectivity index (χ1v) is 7.64. The normalized spacial score (nSPS) is 22.0. The highest BCUT2D eigenvalue weighted by Crippen LogP contribution is 2.54. The maximum atomic E-state index is 12.0. The summed E-state index contributed by atoms with van der Waals surface area (Å²) < 4.78 is 10.7. The number of aromatic nitrogens is 1. The third-order valence-electron chi connectivity index (χ3n) is 4.24. The van der Waals surface area contributed by atoms with Gasteiger partial charge in [-0.2, -0.15) is 0 Å². The Morgan fingerprint density at radius 2 is 2.09 bits per heavy atom. The quantitative estimate of drug-likeness (QED) is 0.786. The standard InChI is InChI=1S/C17H21NO4/c1-10-17(7-8-17)14-12(15(20)21-10)6-5-11(18-14)9-13(19)22-16(2,3)4/h5-6,10H,7-9H2,1-4H3. The van der Waals surface area contributed by atoms with Gasteiger partial charge >= 0.3 is 11.9 Å². The van der Waals surface area contributed by atoms with Gasteiger partial charge in [0.15, 0.2) is 0 Å². The second-order valence-electron chi connectivity index (χ2n) is 7.17. The third-order valence-corrected chi connectivity index (χ3v) is 4.24. The molecule has 0 aromatic carbocycles. The fraction of sp³-hybridized carbons (Fsp3) is 0.588. The van der Waals surface area contributed by atoms with Crippen molar-refractivity contribution in [2.24, 2.45) is 0 Å². The van der Waals surface area contributed by atoms with E-state index in [-0.39, 0.29) is 29.9 Å². The van der Waals surface area contributed by atoms with Crippen molar-refractivity contribution in [1.29, 1.82) is 0 Å². The van der Waals surface area contributed by atoms with Gasteiger partial charge in [0, 0.05) is 0 Å². The minimum Gasteiger partial charge on any atom is -0.460 e. The van der Waals surface area contributed by atoms with Crippen molar-refractivity contribution in [2.45, 2.75) is 64.1 Å². The lowest BCUT2D eigenvalue weighted by molar-refractivity contribution is -0.154. The number of nitrogens with zero attached hydrogens (tertiary/aromatic N) is 1. The Morgan fingerprint density at radius 3 is 2.68 bits per heavy atom. The maximum Gasteiger partial charge on any atom is 0.340 e. The fourth-order valence-corrected chi connectivity index (χ4v) is 2.98. The average Bonchev–Trinajstić information content (AvgIpc) is 3.15. The van der Waals surface area contributed by atoms with E-state index in [0.29, 0.717) is 11.3 Å². The van der Waals surface area contributed by atoms with Gasteiger partial charge < -0.3 is 9.47 Å². The van der Waals surface area contributed by atoms with Crippen molar-refractivity contribution in [2.75, 3.05) is 0 Å². The summed E-state index contributed by atoms with van der Waals surface area (Å²) in [4.78, 5) is 28.5. The third kappa shape index (κ3) is 2.60. The summed E-state index contributed by atoms with van der Waals surface area (Å²) >= 11 is 0. The van der Waals surface area contributed by atoms with Gasteiger partial charge in [0.1, 0.15) is 11.7 Å². The minimum atomic E-state index is -0.513. The largest absolute Gasteiger partial charge is 0.460 e. The molecule has 1 aliphatic heterocycles. The first-order chi connectivity index (χ1) is 10.2. The van der Waals surface area contributed by atoms with E-state index in [2.05, 4.69) is 4.98 Å². The van der Waals surface area contributed by atoms with Crippen LogP contribution in [0.15, 0.2) is 12.1 Å². The first-order valence-electron chi connectivity index (χ1n) is 7.64. The van der Waals surface area contributed by atoms with Crippen LogP contribution in [0.3, 0.4) is 0 Å². The molecule has 5 nitrogen and oxygen atoms in total. The predicted molar refractivity (Wildman–Crippen MR) is 79.6 cm³/mol. The minimum absolute atomic E-state index is 0.115. The Bertz CT molecular complexity index is 641. The highest BCUT2D eigenvalue weighted by molar-refractivity contribution is 5.93. The number of carbonyl (C=O) groups is 2. The Labute approximate surface area is 130 Å². The van der Waals surface area contributed by atoms with Crippen LogP contribution >= 0.6 is 0 Å². The number of hydrogen-bond acceptors (Lipinski definition) is 5. The van der Waals surface area contributed by atoms with Crippen LogP contribution < -0.4 is 0 Å². The summed E-state index contributed by atoms with van der Waals surface area (Å²) in [6.45, 7) is 7.42. The summed E-state index contributed by atoms with van der Waals surface area (Å²) in [7, 11) is 0. The van der Waals surface area contributed by atoms with Crippen molar-refractivity contribution in [3.05, 3.63) is 29.1 Å². The van der Waals surface area contributed by atoms with Crippen LogP contribution in [0.1, 0.15) is 62.3 Å². The summed E-state index contributed by atoms with van der Waals surface area (Å²) in [5.74, 6) is -0.632. The van der Waals surface area contributed by atoms with Gasteiger partial charge in [-0.15, -0.1) is 0 Å². The molecule has 1 spiro atoms. The van der Waals surface area contributed by atoms with E-state index < -0.39 is 5.60 Å². The second-order valence-corrected chi connectivity index (χ2v) is 7.17. The molecule has 1 aliphatic carbocycles. The van der Waals surface area contributed by atoms with Gasteiger partial charge in [-0.25, -0.2) is 4.79 Å². The van der Waals surface area contributed by atoms with Crippen LogP contribution in [0.2, 0.25) is 0 Å². The molecule has 0 saturated heterocycles. The molecule has 1 aromatic heterocycles. The lowest BCUT2D eigenvalue weighted by atomic mass is 9.89. The molecule has 3 rings (SSSR count). The highest BCUT2D eigenvalue weighted by atomic mass is 16.6. The van der Waals surface area contributed by atoms with Crippen LogP contribution in [-0.2, 0) is 26.1 Å². The lowest BCUT2D eigenvalue weighted by Crippen LogP contribution is -2.37. The molecule has 2 heterocycles. The molecule has 0 radical (unpaired) electrons. The number of ether oxygens (including phenoxy) is 2. The van der Waals surface area contributed by atoms with Gasteiger partial charge in [0.25, 0.3) is 0 Å². The van der Waals surface area contributed by atoms with Gasteiger partial charge in [-0.05, 0) is 52.7 Å². The van der Waals surface area contributed by atoms with E-state index in [0.717, 1.165) is 18.5 Å². The first kappa shape index (κ1) is 15.0. The van der Waals surface area contributed by atoms with E-state index in [9.17, 15) is 9.59 Å². The molecule has 0 amide bonds. The number of carbonyl (C=O) groups excluding carboxylic acids is 2. The fourth-order valence-electron chi connectivity index (χ4n) is 2.98. The zero-order chi connectivity index (χ0) is 16.1. The lowest BCUT2D eigenvalue weighted by Gasteiger charge is -2.30. The molecule has 1 fully saturated rings. The summed E-state index contributed by atoms with van der Waals surface area (Å²) in [6.07, 6.45) is 1.90. The Kier molecular flexibility index (Phi) is 3.27. The molecule has 1 atom stereocenters. The van der Waals surface area contributed by atoms with Gasteiger partial charge in [0.2, 0.25) is 0 Å². The predicted octanol–water partition coefficient (Wildman–Crippen LogP) is 2.56. The molecule has 1 aromatic rings. The smallest absolute Gasteiger partial charge is 0.340 e. The topological polar surface area (TPSA) is 65.5 Å². The van der Waals surface area contributed by atoms with Crippen molar-refractivity contribution in [3.63, 3.8) is 0 Å². The van der Waals surface area contributed by atoms with Crippen molar-refractivity contribution >= 4 is 11.9 Å². The highest BCUT2D eigenvalue weighted by Gasteiger charge is 2.56. The number of hydrogen-bond donors (Lipinski definition) is 0. The summed E-state index contributed by atoms with van der Waals surface area (Å²) in [5, 5.41) is 0. The number of rotatable bonds is 2. The molecule has 22 heavy (non-hydrogen) atoms. The van der Waals surface area contributed by atoms with E-state index in [1.807, 2.05) is 27.7 Å². The molecule has 2 aliphatic rings. The zero-order valence-corrected chi connectivity index (χ0v) is 13.4. The van der Waals surface area contributed by atoms with Crippen LogP contribution in [-0.4, -0.2) is 28.6 Å². The molecule has 0 N–H and O–H groups in total. The number of esters is 2. The van der Waals surface area contributed by atoms with Crippen LogP contribution in [0.4, 0.5) is 0 Å². The average molecular weight is 303 g/mol. The zero-order valence-electron chi connectivity index (χ0n) is 13.4. The Balaban J connectivity index is 1.86. The van der Waals surface area contributed by atoms with Crippen LogP contribution in [0, 0.1) is 0 Å². The van der Waals surface area contributed by atoms with Gasteiger partial charge in [-0.3, -0.25) is 9.78 Å². The molecule has 1 saturated carbocycles. The molecular weight excluding hydrogens is 282 g/mol. The Morgan fingerprint density at radius 1 is 1.41 bits per heavy atom. The van der Waals surface area contributed by atoms with Gasteiger partial charge in [0.05, 0.1) is 28.8 Å². The van der Waals surface area contributed by atoms with Crippen LogP contribution in [0.5, 0.6) is 0 Å². The molecule has 1 unspecified atom stereocenters. The van der Waals surface area contributed by atoms with E-state index >= 15 is 0 Å². The van der Waals surface area contributed by atoms with Gasteiger partial charge in [-0.1, -0.05) is 0 Å². The number of cyclic esters (lactones) is 1. The van der Waals surface area contributed by atoms with Crippen molar-refractivity contribution < 1.29 is 19.1 Å². The van der Waals surface area contributed by atoms with Crippen molar-refractivity contribution in [1.82, 2.24) is 4.98 Å². The second kappa shape index (κ2) is 4.80. The maximum absolute atomic E-state index is 12.0.